The SMILES string of the molecule is C=O.CCc1ncc(-c2ccccc2)cc1F.CN.O=CO. The second-order valence-corrected chi connectivity index (χ2v) is 3.48. The molecular formula is C16H21FN2O3. The Morgan fingerprint density at radius 3 is 2.14 bits per heavy atom. The van der Waals surface area contributed by atoms with Gasteiger partial charge in [0.2, 0.25) is 0 Å². The molecule has 0 unspecified atom stereocenters. The van der Waals surface area contributed by atoms with Crippen LogP contribution in [0.2, 0.25) is 0 Å². The normalized spacial score (nSPS) is 8.00. The number of rotatable bonds is 2. The van der Waals surface area contributed by atoms with Crippen LogP contribution in [0.5, 0.6) is 0 Å². The van der Waals surface area contributed by atoms with Gasteiger partial charge in [-0.25, -0.2) is 4.39 Å². The summed E-state index contributed by atoms with van der Waals surface area (Å²) in [6, 6.07) is 11.2. The van der Waals surface area contributed by atoms with Crippen molar-refractivity contribution in [1.29, 1.82) is 0 Å². The third-order valence-corrected chi connectivity index (χ3v) is 2.36. The van der Waals surface area contributed by atoms with Gasteiger partial charge in [0.15, 0.2) is 0 Å². The summed E-state index contributed by atoms with van der Waals surface area (Å²) in [5.41, 5.74) is 6.84. The van der Waals surface area contributed by atoms with Crippen LogP contribution < -0.4 is 5.73 Å². The molecule has 0 aliphatic heterocycles. The Hall–Kier alpha value is -2.60. The molecule has 2 rings (SSSR count). The summed E-state index contributed by atoms with van der Waals surface area (Å²) in [6.45, 7) is 3.65. The standard InChI is InChI=1S/C13H12FN.CH5N.CH2O2.CH2O/c1-2-13-12(14)8-11(9-15-13)10-6-4-3-5-7-10;1-2;2-1-3;1-2/h3-9H,2H2,1H3;2H2,1H3;1H,(H,2,3);1H2. The van der Waals surface area contributed by atoms with Gasteiger partial charge in [0, 0.05) is 11.8 Å². The van der Waals surface area contributed by atoms with Gasteiger partial charge in [-0.15, -0.1) is 0 Å². The maximum absolute atomic E-state index is 13.5. The number of halogens is 1. The lowest BCUT2D eigenvalue weighted by Gasteiger charge is -2.03. The van der Waals surface area contributed by atoms with Crippen LogP contribution in [-0.4, -0.2) is 30.4 Å². The van der Waals surface area contributed by atoms with E-state index in [0.717, 1.165) is 11.1 Å². The Morgan fingerprint density at radius 2 is 1.73 bits per heavy atom. The van der Waals surface area contributed by atoms with Crippen molar-refractivity contribution < 1.29 is 19.1 Å². The van der Waals surface area contributed by atoms with Crippen LogP contribution in [0, 0.1) is 5.82 Å². The Balaban J connectivity index is 0. The minimum Gasteiger partial charge on any atom is -0.483 e. The van der Waals surface area contributed by atoms with Crippen molar-refractivity contribution in [2.75, 3.05) is 7.05 Å². The molecule has 1 aromatic carbocycles. The number of hydrogen-bond donors (Lipinski definition) is 2. The van der Waals surface area contributed by atoms with Gasteiger partial charge in [-0.1, -0.05) is 37.3 Å². The number of hydrogen-bond acceptors (Lipinski definition) is 4. The molecule has 0 spiro atoms. The van der Waals surface area contributed by atoms with Crippen molar-refractivity contribution in [1.82, 2.24) is 4.98 Å². The number of carboxylic acid groups (broad SMARTS) is 1. The monoisotopic (exact) mass is 308 g/mol. The van der Waals surface area contributed by atoms with E-state index in [1.165, 1.54) is 7.05 Å². The van der Waals surface area contributed by atoms with Crippen LogP contribution in [0.3, 0.4) is 0 Å². The molecule has 1 heterocycles. The Bertz CT molecular complexity index is 522. The van der Waals surface area contributed by atoms with Gasteiger partial charge < -0.3 is 15.6 Å². The fourth-order valence-electron chi connectivity index (χ4n) is 1.51. The molecule has 3 N–H and O–H groups in total. The summed E-state index contributed by atoms with van der Waals surface area (Å²) < 4.78 is 13.5. The van der Waals surface area contributed by atoms with Crippen molar-refractivity contribution in [2.45, 2.75) is 13.3 Å². The number of aromatic nitrogens is 1. The third-order valence-electron chi connectivity index (χ3n) is 2.36. The first-order chi connectivity index (χ1) is 10.7. The van der Waals surface area contributed by atoms with Gasteiger partial charge in [-0.05, 0) is 25.1 Å². The van der Waals surface area contributed by atoms with Gasteiger partial charge in [-0.3, -0.25) is 9.78 Å². The molecule has 0 amide bonds. The molecule has 0 fully saturated rings. The number of carbonyl (C=O) groups excluding carboxylic acids is 1. The summed E-state index contributed by atoms with van der Waals surface area (Å²) >= 11 is 0. The van der Waals surface area contributed by atoms with E-state index in [1.807, 2.05) is 44.0 Å². The highest BCUT2D eigenvalue weighted by Gasteiger charge is 2.04. The van der Waals surface area contributed by atoms with Crippen LogP contribution >= 0.6 is 0 Å². The van der Waals surface area contributed by atoms with Crippen LogP contribution in [0.4, 0.5) is 4.39 Å². The molecule has 0 aliphatic carbocycles. The summed E-state index contributed by atoms with van der Waals surface area (Å²) in [5, 5.41) is 6.89. The summed E-state index contributed by atoms with van der Waals surface area (Å²) in [4.78, 5) is 20.5. The summed E-state index contributed by atoms with van der Waals surface area (Å²) in [6.07, 6.45) is 2.35. The van der Waals surface area contributed by atoms with Crippen molar-refractivity contribution in [3.05, 3.63) is 54.1 Å². The largest absolute Gasteiger partial charge is 0.483 e. The van der Waals surface area contributed by atoms with E-state index in [4.69, 9.17) is 14.7 Å². The average molecular weight is 308 g/mol. The van der Waals surface area contributed by atoms with Crippen LogP contribution in [-0.2, 0) is 16.0 Å². The first kappa shape index (κ1) is 21.7. The molecule has 6 heteroatoms. The predicted octanol–water partition coefficient (Wildman–Crippen LogP) is 2.54. The lowest BCUT2D eigenvalue weighted by molar-refractivity contribution is -0.122. The minimum absolute atomic E-state index is 0.223. The number of pyridine rings is 1. The first-order valence-electron chi connectivity index (χ1n) is 6.37. The molecule has 2 aromatic rings. The lowest BCUT2D eigenvalue weighted by Crippen LogP contribution is -1.93. The zero-order chi connectivity index (χ0) is 17.4. The van der Waals surface area contributed by atoms with E-state index < -0.39 is 0 Å². The molecule has 0 bridgehead atoms. The number of aryl methyl sites for hydroxylation is 1. The van der Waals surface area contributed by atoms with Crippen molar-refractivity contribution in [3.63, 3.8) is 0 Å². The summed E-state index contributed by atoms with van der Waals surface area (Å²) in [5.74, 6) is -0.223. The molecule has 0 atom stereocenters. The maximum Gasteiger partial charge on any atom is 0.290 e. The minimum atomic E-state index is -0.250. The highest BCUT2D eigenvalue weighted by atomic mass is 19.1. The van der Waals surface area contributed by atoms with Gasteiger partial charge in [0.1, 0.15) is 12.6 Å². The fraction of sp³-hybridized carbons (Fsp3) is 0.188. The average Bonchev–Trinajstić information content (AvgIpc) is 2.60. The fourth-order valence-corrected chi connectivity index (χ4v) is 1.51. The first-order valence-corrected chi connectivity index (χ1v) is 6.37. The smallest absolute Gasteiger partial charge is 0.290 e. The van der Waals surface area contributed by atoms with Gasteiger partial charge in [-0.2, -0.15) is 0 Å². The van der Waals surface area contributed by atoms with E-state index in [1.54, 1.807) is 12.3 Å². The van der Waals surface area contributed by atoms with Gasteiger partial charge in [0.05, 0.1) is 5.69 Å². The topological polar surface area (TPSA) is 93.3 Å². The molecular weight excluding hydrogens is 287 g/mol. The number of nitrogens with two attached hydrogens (primary N) is 1. The maximum atomic E-state index is 13.5. The van der Waals surface area contributed by atoms with E-state index in [2.05, 4.69) is 10.7 Å². The quantitative estimate of drug-likeness (QED) is 0.832. The van der Waals surface area contributed by atoms with Gasteiger partial charge >= 0.3 is 0 Å². The lowest BCUT2D eigenvalue weighted by atomic mass is 10.1. The second-order valence-electron chi connectivity index (χ2n) is 3.48. The number of benzene rings is 1. The van der Waals surface area contributed by atoms with E-state index in [-0.39, 0.29) is 12.3 Å². The van der Waals surface area contributed by atoms with Crippen molar-refractivity contribution >= 4 is 13.3 Å². The van der Waals surface area contributed by atoms with Crippen molar-refractivity contribution in [3.8, 4) is 11.1 Å². The Kier molecular flexibility index (Phi) is 14.6. The molecule has 22 heavy (non-hydrogen) atoms. The molecule has 0 radical (unpaired) electrons. The van der Waals surface area contributed by atoms with Crippen LogP contribution in [0.1, 0.15) is 12.6 Å². The van der Waals surface area contributed by atoms with Crippen molar-refractivity contribution in [2.24, 2.45) is 5.73 Å². The van der Waals surface area contributed by atoms with E-state index in [9.17, 15) is 4.39 Å². The predicted molar refractivity (Wildman–Crippen MR) is 84.9 cm³/mol. The highest BCUT2D eigenvalue weighted by Crippen LogP contribution is 2.19. The summed E-state index contributed by atoms with van der Waals surface area (Å²) in [7, 11) is 1.50. The number of nitrogens with zero attached hydrogens (tertiary/aromatic N) is 1. The molecule has 0 saturated heterocycles. The molecule has 0 saturated carbocycles. The number of carbonyl (C=O) groups is 2. The zero-order valence-electron chi connectivity index (χ0n) is 12.7. The Labute approximate surface area is 129 Å². The van der Waals surface area contributed by atoms with E-state index >= 15 is 0 Å². The van der Waals surface area contributed by atoms with Crippen LogP contribution in [0.25, 0.3) is 11.1 Å². The molecule has 1 aromatic heterocycles. The second kappa shape index (κ2) is 14.8. The molecule has 120 valence electrons. The molecule has 0 aliphatic rings. The Morgan fingerprint density at radius 1 is 1.23 bits per heavy atom. The third kappa shape index (κ3) is 7.86. The van der Waals surface area contributed by atoms with Gasteiger partial charge in [0.25, 0.3) is 6.47 Å². The molecule has 5 nitrogen and oxygen atoms in total. The van der Waals surface area contributed by atoms with E-state index in [0.29, 0.717) is 12.1 Å². The van der Waals surface area contributed by atoms with Crippen LogP contribution in [0.15, 0.2) is 42.6 Å². The highest BCUT2D eigenvalue weighted by molar-refractivity contribution is 5.62. The zero-order valence-corrected chi connectivity index (χ0v) is 12.7.